The van der Waals surface area contributed by atoms with Crippen LogP contribution in [0.15, 0.2) is 36.7 Å². The molecule has 1 heterocycles. The largest absolute Gasteiger partial charge is 0.303 e. The molecule has 0 aliphatic rings. The molecule has 1 aromatic carbocycles. The molecule has 0 spiro atoms. The average molecular weight is 187 g/mol. The van der Waals surface area contributed by atoms with Gasteiger partial charge in [-0.1, -0.05) is 18.2 Å². The molecule has 0 radical (unpaired) electrons. The third kappa shape index (κ3) is 1.54. The van der Waals surface area contributed by atoms with Crippen molar-refractivity contribution in [3.8, 4) is 5.69 Å². The standard InChI is InChI=1S/C10H9N3O/c14-8-5-9-3-1-2-4-10(9)13-11-6-7-12-13/h1-4,6-8H,5H2. The van der Waals surface area contributed by atoms with Crippen LogP contribution < -0.4 is 0 Å². The first-order valence-corrected chi connectivity index (χ1v) is 4.30. The first-order chi connectivity index (χ1) is 6.92. The van der Waals surface area contributed by atoms with E-state index in [0.29, 0.717) is 6.42 Å². The fraction of sp³-hybridized carbons (Fsp3) is 0.100. The van der Waals surface area contributed by atoms with Gasteiger partial charge in [0.15, 0.2) is 0 Å². The molecule has 0 aliphatic carbocycles. The number of rotatable bonds is 3. The molecule has 0 atom stereocenters. The summed E-state index contributed by atoms with van der Waals surface area (Å²) in [6.07, 6.45) is 4.48. The second-order valence-corrected chi connectivity index (χ2v) is 2.82. The van der Waals surface area contributed by atoms with E-state index in [4.69, 9.17) is 0 Å². The van der Waals surface area contributed by atoms with Crippen molar-refractivity contribution in [2.45, 2.75) is 6.42 Å². The first-order valence-electron chi connectivity index (χ1n) is 4.30. The van der Waals surface area contributed by atoms with Crippen molar-refractivity contribution in [2.24, 2.45) is 0 Å². The van der Waals surface area contributed by atoms with Gasteiger partial charge in [-0.3, -0.25) is 0 Å². The van der Waals surface area contributed by atoms with Crippen molar-refractivity contribution >= 4 is 6.29 Å². The lowest BCUT2D eigenvalue weighted by Gasteiger charge is -2.04. The van der Waals surface area contributed by atoms with Gasteiger partial charge in [-0.05, 0) is 11.6 Å². The van der Waals surface area contributed by atoms with Crippen LogP contribution in [-0.2, 0) is 11.2 Å². The molecule has 0 bridgehead atoms. The molecule has 0 amide bonds. The molecule has 4 nitrogen and oxygen atoms in total. The number of benzene rings is 1. The monoisotopic (exact) mass is 187 g/mol. The lowest BCUT2D eigenvalue weighted by molar-refractivity contribution is -0.107. The molecule has 0 unspecified atom stereocenters. The van der Waals surface area contributed by atoms with Crippen molar-refractivity contribution in [3.05, 3.63) is 42.2 Å². The van der Waals surface area contributed by atoms with Crippen molar-refractivity contribution in [2.75, 3.05) is 0 Å². The zero-order valence-corrected chi connectivity index (χ0v) is 7.50. The van der Waals surface area contributed by atoms with Crippen LogP contribution in [0.5, 0.6) is 0 Å². The Morgan fingerprint density at radius 2 is 1.93 bits per heavy atom. The predicted octanol–water partition coefficient (Wildman–Crippen LogP) is 1.01. The minimum atomic E-state index is 0.387. The van der Waals surface area contributed by atoms with E-state index in [2.05, 4.69) is 10.2 Å². The summed E-state index contributed by atoms with van der Waals surface area (Å²) in [5.41, 5.74) is 1.78. The average Bonchev–Trinajstić information content (AvgIpc) is 2.72. The molecule has 1 aromatic heterocycles. The minimum absolute atomic E-state index is 0.387. The fourth-order valence-electron chi connectivity index (χ4n) is 1.31. The van der Waals surface area contributed by atoms with Crippen LogP contribution in [0.4, 0.5) is 0 Å². The number of hydrogen-bond acceptors (Lipinski definition) is 3. The van der Waals surface area contributed by atoms with E-state index in [1.54, 1.807) is 12.4 Å². The molecule has 0 saturated heterocycles. The summed E-state index contributed by atoms with van der Waals surface area (Å²) in [5.74, 6) is 0. The summed E-state index contributed by atoms with van der Waals surface area (Å²) < 4.78 is 0. The SMILES string of the molecule is O=CCc1ccccc1-n1nccn1. The summed E-state index contributed by atoms with van der Waals surface area (Å²) in [7, 11) is 0. The Morgan fingerprint density at radius 3 is 2.64 bits per heavy atom. The van der Waals surface area contributed by atoms with Crippen LogP contribution in [0, 0.1) is 0 Å². The first kappa shape index (κ1) is 8.62. The third-order valence-corrected chi connectivity index (χ3v) is 1.93. The summed E-state index contributed by atoms with van der Waals surface area (Å²) in [5, 5.41) is 8.04. The maximum atomic E-state index is 10.4. The minimum Gasteiger partial charge on any atom is -0.303 e. The maximum absolute atomic E-state index is 10.4. The highest BCUT2D eigenvalue weighted by Gasteiger charge is 2.03. The second kappa shape index (κ2) is 3.83. The van der Waals surface area contributed by atoms with Gasteiger partial charge in [0, 0.05) is 6.42 Å². The van der Waals surface area contributed by atoms with E-state index in [0.717, 1.165) is 17.5 Å². The number of nitrogens with zero attached hydrogens (tertiary/aromatic N) is 3. The smallest absolute Gasteiger partial charge is 0.124 e. The van der Waals surface area contributed by atoms with Gasteiger partial charge in [0.1, 0.15) is 6.29 Å². The Hall–Kier alpha value is -1.97. The van der Waals surface area contributed by atoms with Gasteiger partial charge in [-0.15, -0.1) is 0 Å². The van der Waals surface area contributed by atoms with Gasteiger partial charge >= 0.3 is 0 Å². The van der Waals surface area contributed by atoms with Gasteiger partial charge in [-0.25, -0.2) is 0 Å². The van der Waals surface area contributed by atoms with E-state index in [1.807, 2.05) is 24.3 Å². The number of aromatic nitrogens is 3. The Labute approximate surface area is 81.2 Å². The van der Waals surface area contributed by atoms with E-state index >= 15 is 0 Å². The molecule has 0 N–H and O–H groups in total. The highest BCUT2D eigenvalue weighted by Crippen LogP contribution is 2.11. The van der Waals surface area contributed by atoms with Gasteiger partial charge in [-0.2, -0.15) is 15.0 Å². The van der Waals surface area contributed by atoms with E-state index in [-0.39, 0.29) is 0 Å². The highest BCUT2D eigenvalue weighted by atomic mass is 16.1. The Morgan fingerprint density at radius 1 is 1.21 bits per heavy atom. The molecule has 0 fully saturated rings. The van der Waals surface area contributed by atoms with Gasteiger partial charge in [0.2, 0.25) is 0 Å². The zero-order valence-electron chi connectivity index (χ0n) is 7.50. The molecular weight excluding hydrogens is 178 g/mol. The van der Waals surface area contributed by atoms with Crippen LogP contribution in [0.3, 0.4) is 0 Å². The highest BCUT2D eigenvalue weighted by molar-refractivity contribution is 5.58. The molecule has 4 heteroatoms. The van der Waals surface area contributed by atoms with Gasteiger partial charge in [0.05, 0.1) is 18.1 Å². The Bertz CT molecular complexity index is 423. The van der Waals surface area contributed by atoms with Crippen LogP contribution in [0.1, 0.15) is 5.56 Å². The van der Waals surface area contributed by atoms with Crippen molar-refractivity contribution in [1.29, 1.82) is 0 Å². The summed E-state index contributed by atoms with van der Waals surface area (Å²) in [4.78, 5) is 12.0. The van der Waals surface area contributed by atoms with E-state index in [1.165, 1.54) is 4.80 Å². The topological polar surface area (TPSA) is 47.8 Å². The van der Waals surface area contributed by atoms with E-state index < -0.39 is 0 Å². The van der Waals surface area contributed by atoms with Crippen molar-refractivity contribution < 1.29 is 4.79 Å². The van der Waals surface area contributed by atoms with E-state index in [9.17, 15) is 4.79 Å². The fourth-order valence-corrected chi connectivity index (χ4v) is 1.31. The molecule has 70 valence electrons. The summed E-state index contributed by atoms with van der Waals surface area (Å²) in [6, 6.07) is 7.57. The van der Waals surface area contributed by atoms with Gasteiger partial charge in [0.25, 0.3) is 0 Å². The Balaban J connectivity index is 2.46. The predicted molar refractivity (Wildman–Crippen MR) is 51.1 cm³/mol. The second-order valence-electron chi connectivity index (χ2n) is 2.82. The quantitative estimate of drug-likeness (QED) is 0.674. The van der Waals surface area contributed by atoms with Crippen LogP contribution >= 0.6 is 0 Å². The van der Waals surface area contributed by atoms with Crippen LogP contribution in [-0.4, -0.2) is 21.3 Å². The molecule has 0 saturated carbocycles. The van der Waals surface area contributed by atoms with Crippen molar-refractivity contribution in [1.82, 2.24) is 15.0 Å². The molecule has 2 rings (SSSR count). The summed E-state index contributed by atoms with van der Waals surface area (Å²) in [6.45, 7) is 0. The third-order valence-electron chi connectivity index (χ3n) is 1.93. The van der Waals surface area contributed by atoms with Crippen LogP contribution in [0.2, 0.25) is 0 Å². The molecule has 2 aromatic rings. The summed E-state index contributed by atoms with van der Waals surface area (Å²) >= 11 is 0. The van der Waals surface area contributed by atoms with Crippen molar-refractivity contribution in [3.63, 3.8) is 0 Å². The number of carbonyl (C=O) groups excluding carboxylic acids is 1. The maximum Gasteiger partial charge on any atom is 0.124 e. The molecule has 0 aliphatic heterocycles. The zero-order chi connectivity index (χ0) is 9.80. The molecular formula is C10H9N3O. The number of carbonyl (C=O) groups is 1. The number of para-hydroxylation sites is 1. The lowest BCUT2D eigenvalue weighted by Crippen LogP contribution is -2.03. The lowest BCUT2D eigenvalue weighted by atomic mass is 10.1. The number of hydrogen-bond donors (Lipinski definition) is 0. The number of aldehydes is 1. The molecule has 14 heavy (non-hydrogen) atoms. The van der Waals surface area contributed by atoms with Crippen LogP contribution in [0.25, 0.3) is 5.69 Å². The normalized spacial score (nSPS) is 10.0. The van der Waals surface area contributed by atoms with Gasteiger partial charge < -0.3 is 4.79 Å². The Kier molecular flexibility index (Phi) is 2.36.